The molecular formula is C13H17FN2O2. The number of hydrogen-bond donors (Lipinski definition) is 1. The number of carbonyl (C=O) groups excluding carboxylic acids is 1. The van der Waals surface area contributed by atoms with E-state index in [2.05, 4.69) is 4.98 Å². The Kier molecular flexibility index (Phi) is 3.24. The average Bonchev–Trinajstić information content (AvgIpc) is 3.10. The van der Waals surface area contributed by atoms with Crippen molar-refractivity contribution in [2.75, 3.05) is 13.1 Å². The number of aromatic nitrogens is 1. The van der Waals surface area contributed by atoms with E-state index in [4.69, 9.17) is 0 Å². The molecule has 0 aliphatic heterocycles. The number of amides is 1. The number of pyridine rings is 1. The lowest BCUT2D eigenvalue weighted by Crippen LogP contribution is -2.34. The lowest BCUT2D eigenvalue weighted by atomic mass is 10.1. The second-order valence-electron chi connectivity index (χ2n) is 4.56. The number of H-pyrrole nitrogens is 1. The maximum Gasteiger partial charge on any atom is 0.261 e. The lowest BCUT2D eigenvalue weighted by molar-refractivity contribution is 0.0771. The fourth-order valence-electron chi connectivity index (χ4n) is 1.96. The minimum atomic E-state index is -1.38. The van der Waals surface area contributed by atoms with Gasteiger partial charge >= 0.3 is 0 Å². The highest BCUT2D eigenvalue weighted by Gasteiger charge is 2.46. The highest BCUT2D eigenvalue weighted by atomic mass is 19.1. The van der Waals surface area contributed by atoms with Gasteiger partial charge in [0, 0.05) is 13.1 Å². The number of carbonyl (C=O) groups is 1. The highest BCUT2D eigenvalue weighted by molar-refractivity contribution is 5.93. The first-order valence-corrected chi connectivity index (χ1v) is 6.24. The van der Waals surface area contributed by atoms with Gasteiger partial charge in [-0.05, 0) is 38.8 Å². The zero-order valence-corrected chi connectivity index (χ0v) is 10.6. The minimum Gasteiger partial charge on any atom is -0.339 e. The summed E-state index contributed by atoms with van der Waals surface area (Å²) in [6, 6.07) is 2.93. The van der Waals surface area contributed by atoms with Gasteiger partial charge in [-0.15, -0.1) is 0 Å². The Balaban J connectivity index is 2.30. The van der Waals surface area contributed by atoms with Crippen molar-refractivity contribution >= 4 is 5.91 Å². The molecule has 1 heterocycles. The molecule has 0 aromatic carbocycles. The molecule has 0 bridgehead atoms. The molecule has 1 N–H and O–H groups in total. The molecule has 98 valence electrons. The number of rotatable bonds is 4. The van der Waals surface area contributed by atoms with Gasteiger partial charge in [-0.25, -0.2) is 4.39 Å². The van der Waals surface area contributed by atoms with Crippen LogP contribution in [0.3, 0.4) is 0 Å². The molecule has 5 heteroatoms. The smallest absolute Gasteiger partial charge is 0.261 e. The van der Waals surface area contributed by atoms with Crippen LogP contribution >= 0.6 is 0 Å². The van der Waals surface area contributed by atoms with E-state index >= 15 is 0 Å². The molecule has 0 radical (unpaired) electrons. The Hall–Kier alpha value is -1.65. The number of nitrogens with zero attached hydrogens (tertiary/aromatic N) is 1. The minimum absolute atomic E-state index is 0.0756. The van der Waals surface area contributed by atoms with Gasteiger partial charge in [0.1, 0.15) is 5.56 Å². The Morgan fingerprint density at radius 3 is 2.44 bits per heavy atom. The summed E-state index contributed by atoms with van der Waals surface area (Å²) in [4.78, 5) is 27.9. The van der Waals surface area contributed by atoms with Crippen LogP contribution in [0.25, 0.3) is 0 Å². The topological polar surface area (TPSA) is 53.2 Å². The van der Waals surface area contributed by atoms with Crippen LogP contribution in [-0.2, 0) is 5.67 Å². The van der Waals surface area contributed by atoms with Crippen molar-refractivity contribution in [3.8, 4) is 0 Å². The first-order valence-electron chi connectivity index (χ1n) is 6.24. The number of hydrogen-bond acceptors (Lipinski definition) is 2. The molecule has 1 aromatic rings. The van der Waals surface area contributed by atoms with E-state index in [1.54, 1.807) is 4.90 Å². The van der Waals surface area contributed by atoms with Crippen LogP contribution in [0, 0.1) is 0 Å². The van der Waals surface area contributed by atoms with Crippen molar-refractivity contribution in [3.05, 3.63) is 33.7 Å². The van der Waals surface area contributed by atoms with Gasteiger partial charge in [0.25, 0.3) is 11.5 Å². The summed E-state index contributed by atoms with van der Waals surface area (Å²) in [6.07, 6.45) is 0.874. The summed E-state index contributed by atoms with van der Waals surface area (Å²) in [5, 5.41) is 0. The summed E-state index contributed by atoms with van der Waals surface area (Å²) in [5.41, 5.74) is -1.53. The van der Waals surface area contributed by atoms with Crippen LogP contribution in [0.4, 0.5) is 4.39 Å². The molecule has 0 saturated heterocycles. The zero-order chi connectivity index (χ0) is 13.3. The van der Waals surface area contributed by atoms with Crippen molar-refractivity contribution in [3.63, 3.8) is 0 Å². The van der Waals surface area contributed by atoms with E-state index in [-0.39, 0.29) is 17.2 Å². The summed E-state index contributed by atoms with van der Waals surface area (Å²) >= 11 is 0. The molecule has 18 heavy (non-hydrogen) atoms. The predicted octanol–water partition coefficient (Wildman–Crippen LogP) is 1.82. The van der Waals surface area contributed by atoms with Crippen LogP contribution in [0.15, 0.2) is 16.9 Å². The maximum atomic E-state index is 13.8. The van der Waals surface area contributed by atoms with Gasteiger partial charge in [0.15, 0.2) is 5.67 Å². The van der Waals surface area contributed by atoms with Crippen molar-refractivity contribution in [1.29, 1.82) is 0 Å². The quantitative estimate of drug-likeness (QED) is 0.888. The molecule has 1 aromatic heterocycles. The Morgan fingerprint density at radius 2 is 2.00 bits per heavy atom. The van der Waals surface area contributed by atoms with Crippen molar-refractivity contribution in [2.24, 2.45) is 0 Å². The number of nitrogens with one attached hydrogen (secondary N) is 1. The van der Waals surface area contributed by atoms with Crippen LogP contribution in [0.5, 0.6) is 0 Å². The third kappa shape index (κ3) is 2.17. The zero-order valence-electron chi connectivity index (χ0n) is 10.6. The summed E-state index contributed by atoms with van der Waals surface area (Å²) in [6.45, 7) is 4.79. The second kappa shape index (κ2) is 4.55. The van der Waals surface area contributed by atoms with E-state index < -0.39 is 11.2 Å². The first-order chi connectivity index (χ1) is 8.51. The van der Waals surface area contributed by atoms with Gasteiger partial charge in [-0.3, -0.25) is 9.59 Å². The molecule has 1 fully saturated rings. The molecule has 1 saturated carbocycles. The van der Waals surface area contributed by atoms with Crippen molar-refractivity contribution in [1.82, 2.24) is 9.88 Å². The third-order valence-electron chi connectivity index (χ3n) is 3.36. The molecular weight excluding hydrogens is 235 g/mol. The lowest BCUT2D eigenvalue weighted by Gasteiger charge is -2.18. The van der Waals surface area contributed by atoms with E-state index in [0.717, 1.165) is 0 Å². The summed E-state index contributed by atoms with van der Waals surface area (Å²) < 4.78 is 13.8. The summed E-state index contributed by atoms with van der Waals surface area (Å²) in [5.74, 6) is -0.309. The molecule has 2 rings (SSSR count). The van der Waals surface area contributed by atoms with Gasteiger partial charge in [-0.1, -0.05) is 0 Å². The first kappa shape index (κ1) is 12.8. The SMILES string of the molecule is CCN(CC)C(=O)c1ccc(C2(F)CC2)[nH]c1=O. The molecule has 1 aliphatic carbocycles. The second-order valence-corrected chi connectivity index (χ2v) is 4.56. The fraction of sp³-hybridized carbons (Fsp3) is 0.538. The van der Waals surface area contributed by atoms with E-state index in [1.165, 1.54) is 12.1 Å². The van der Waals surface area contributed by atoms with E-state index in [0.29, 0.717) is 25.9 Å². The van der Waals surface area contributed by atoms with Crippen LogP contribution in [0.2, 0.25) is 0 Å². The molecule has 0 unspecified atom stereocenters. The number of aromatic amines is 1. The normalized spacial score (nSPS) is 16.4. The van der Waals surface area contributed by atoms with Crippen LogP contribution < -0.4 is 5.56 Å². The Labute approximate surface area is 105 Å². The molecule has 4 nitrogen and oxygen atoms in total. The molecule has 0 atom stereocenters. The van der Waals surface area contributed by atoms with Gasteiger partial charge in [0.05, 0.1) is 5.69 Å². The maximum absolute atomic E-state index is 13.8. The monoisotopic (exact) mass is 252 g/mol. The highest BCUT2D eigenvalue weighted by Crippen LogP contribution is 2.48. The Bertz CT molecular complexity index is 516. The Morgan fingerprint density at radius 1 is 1.39 bits per heavy atom. The molecule has 1 amide bonds. The van der Waals surface area contributed by atoms with Crippen molar-refractivity contribution < 1.29 is 9.18 Å². The third-order valence-corrected chi connectivity index (χ3v) is 3.36. The fourth-order valence-corrected chi connectivity index (χ4v) is 1.96. The average molecular weight is 252 g/mol. The standard InChI is InChI=1S/C13H17FN2O2/c1-3-16(4-2)12(18)9-5-6-10(15-11(9)17)13(14)7-8-13/h5-6H,3-4,7-8H2,1-2H3,(H,15,17). The molecule has 1 aliphatic rings. The number of halogens is 1. The van der Waals surface area contributed by atoms with Gasteiger partial charge in [-0.2, -0.15) is 0 Å². The van der Waals surface area contributed by atoms with Crippen molar-refractivity contribution in [2.45, 2.75) is 32.4 Å². The largest absolute Gasteiger partial charge is 0.339 e. The van der Waals surface area contributed by atoms with E-state index in [1.807, 2.05) is 13.8 Å². The predicted molar refractivity (Wildman–Crippen MR) is 66.3 cm³/mol. The van der Waals surface area contributed by atoms with Gasteiger partial charge < -0.3 is 9.88 Å². The van der Waals surface area contributed by atoms with Crippen LogP contribution in [-0.4, -0.2) is 28.9 Å². The van der Waals surface area contributed by atoms with Crippen LogP contribution in [0.1, 0.15) is 42.7 Å². The molecule has 0 spiro atoms. The summed E-state index contributed by atoms with van der Waals surface area (Å²) in [7, 11) is 0. The van der Waals surface area contributed by atoms with E-state index in [9.17, 15) is 14.0 Å². The number of alkyl halides is 1. The van der Waals surface area contributed by atoms with Gasteiger partial charge in [0.2, 0.25) is 0 Å².